The predicted molar refractivity (Wildman–Crippen MR) is 178 cm³/mol. The first-order chi connectivity index (χ1) is 22.1. The van der Waals surface area contributed by atoms with Gasteiger partial charge in [0.1, 0.15) is 12.1 Å². The number of halogens is 1. The van der Waals surface area contributed by atoms with Crippen LogP contribution >= 0.6 is 11.6 Å². The molecule has 3 aromatic rings. The van der Waals surface area contributed by atoms with Crippen molar-refractivity contribution in [2.24, 2.45) is 0 Å². The number of nitrogens with one attached hydrogen (secondary N) is 2. The highest BCUT2D eigenvalue weighted by Crippen LogP contribution is 2.30. The van der Waals surface area contributed by atoms with Crippen molar-refractivity contribution in [2.75, 3.05) is 32.6 Å². The second kappa shape index (κ2) is 14.6. The van der Waals surface area contributed by atoms with Crippen LogP contribution in [0.3, 0.4) is 0 Å². The summed E-state index contributed by atoms with van der Waals surface area (Å²) < 4.78 is 5.52. The maximum atomic E-state index is 14.1. The molecule has 0 radical (unpaired) electrons. The molecule has 5 rings (SSSR count). The van der Waals surface area contributed by atoms with Crippen molar-refractivity contribution in [3.63, 3.8) is 0 Å². The number of fused-ring (bicyclic) bond motifs is 1. The molecule has 0 spiro atoms. The minimum atomic E-state index is -0.866. The Morgan fingerprint density at radius 2 is 1.67 bits per heavy atom. The van der Waals surface area contributed by atoms with E-state index in [1.807, 2.05) is 51.4 Å². The molecule has 242 valence electrons. The molecule has 2 N–H and O–H groups in total. The van der Waals surface area contributed by atoms with Crippen LogP contribution in [-0.2, 0) is 32.1 Å². The lowest BCUT2D eigenvalue weighted by Gasteiger charge is -2.47. The van der Waals surface area contributed by atoms with Crippen LogP contribution in [0.25, 0.3) is 0 Å². The first-order valence-corrected chi connectivity index (χ1v) is 16.0. The maximum absolute atomic E-state index is 14.1. The average Bonchev–Trinajstić information content (AvgIpc) is 3.03. The molecule has 1 saturated heterocycles. The molecule has 2 aliphatic rings. The van der Waals surface area contributed by atoms with Crippen LogP contribution in [-0.4, -0.2) is 78.2 Å². The number of ether oxygens (including phenoxy) is 1. The molecule has 0 bridgehead atoms. The van der Waals surface area contributed by atoms with Gasteiger partial charge in [0.05, 0.1) is 18.8 Å². The van der Waals surface area contributed by atoms with E-state index in [1.54, 1.807) is 47.4 Å². The van der Waals surface area contributed by atoms with Crippen molar-refractivity contribution < 1.29 is 23.9 Å². The zero-order chi connectivity index (χ0) is 32.8. The Morgan fingerprint density at radius 3 is 2.33 bits per heavy atom. The van der Waals surface area contributed by atoms with Crippen LogP contribution in [0.1, 0.15) is 52.7 Å². The van der Waals surface area contributed by atoms with E-state index in [-0.39, 0.29) is 42.5 Å². The summed E-state index contributed by atoms with van der Waals surface area (Å²) in [5, 5.41) is 6.54. The number of hydrogen-bond acceptors (Lipinski definition) is 6. The van der Waals surface area contributed by atoms with Crippen LogP contribution in [0, 0.1) is 6.92 Å². The van der Waals surface area contributed by atoms with Gasteiger partial charge in [-0.15, -0.1) is 0 Å². The summed E-state index contributed by atoms with van der Waals surface area (Å²) in [6.45, 7) is 3.19. The Hall–Kier alpha value is -4.05. The largest absolute Gasteiger partial charge is 0.377 e. The van der Waals surface area contributed by atoms with E-state index >= 15 is 0 Å². The molecule has 2 atom stereocenters. The number of amides is 3. The van der Waals surface area contributed by atoms with Gasteiger partial charge >= 0.3 is 0 Å². The quantitative estimate of drug-likeness (QED) is 0.274. The summed E-state index contributed by atoms with van der Waals surface area (Å²) in [5.74, 6) is -1.17. The van der Waals surface area contributed by atoms with Crippen LogP contribution in [0.15, 0.2) is 72.8 Å². The highest BCUT2D eigenvalue weighted by Gasteiger charge is 2.42. The number of hydrogen-bond donors (Lipinski definition) is 2. The van der Waals surface area contributed by atoms with Crippen LogP contribution < -0.4 is 10.6 Å². The Bertz CT molecular complexity index is 1590. The normalized spacial score (nSPS) is 17.4. The average molecular weight is 645 g/mol. The monoisotopic (exact) mass is 644 g/mol. The molecule has 2 unspecified atom stereocenters. The van der Waals surface area contributed by atoms with Gasteiger partial charge in [-0.3, -0.25) is 24.1 Å². The molecular weight excluding hydrogens is 604 g/mol. The molecule has 3 amide bonds. The van der Waals surface area contributed by atoms with E-state index in [2.05, 4.69) is 15.5 Å². The molecular formula is C36H41ClN4O5. The van der Waals surface area contributed by atoms with Gasteiger partial charge in [0.2, 0.25) is 17.7 Å². The van der Waals surface area contributed by atoms with Gasteiger partial charge in [0, 0.05) is 42.1 Å². The SMILES string of the molecule is Cc1cc(NC(=O)C(CCC2(N(C)C)COC2)NC(=O)C2Cc3ccccc3CN2C(=O)CCC(=O)c2ccccc2)ccc1Cl. The molecule has 0 aliphatic carbocycles. The van der Waals surface area contributed by atoms with Crippen LogP contribution in [0.5, 0.6) is 0 Å². The standard InChI is InChI=1S/C36H41ClN4O5/c1-24-19-28(13-14-29(24)37)38-34(44)30(17-18-36(40(2)3)22-46-23-36)39-35(45)31-20-26-11-7-8-12-27(26)21-41(31)33(43)16-15-32(42)25-9-5-4-6-10-25/h4-14,19,30-31H,15-18,20-23H2,1-3H3,(H,38,44)(H,39,45). The number of anilines is 1. The van der Waals surface area contributed by atoms with Gasteiger partial charge < -0.3 is 20.3 Å². The number of aryl methyl sites for hydroxylation is 1. The molecule has 0 aromatic heterocycles. The van der Waals surface area contributed by atoms with Crippen molar-refractivity contribution in [3.05, 3.63) is 100 Å². The fourth-order valence-corrected chi connectivity index (χ4v) is 6.13. The van der Waals surface area contributed by atoms with Crippen molar-refractivity contribution in [1.29, 1.82) is 0 Å². The summed E-state index contributed by atoms with van der Waals surface area (Å²) in [4.78, 5) is 57.9. The van der Waals surface area contributed by atoms with Gasteiger partial charge in [0.15, 0.2) is 5.78 Å². The number of ketones is 1. The van der Waals surface area contributed by atoms with E-state index < -0.39 is 18.0 Å². The Balaban J connectivity index is 1.35. The van der Waals surface area contributed by atoms with E-state index in [0.717, 1.165) is 16.7 Å². The molecule has 3 aromatic carbocycles. The fraction of sp³-hybridized carbons (Fsp3) is 0.389. The molecule has 46 heavy (non-hydrogen) atoms. The second-order valence-corrected chi connectivity index (χ2v) is 12.9. The van der Waals surface area contributed by atoms with Crippen LogP contribution in [0.4, 0.5) is 5.69 Å². The minimum absolute atomic E-state index is 0.0230. The van der Waals surface area contributed by atoms with Gasteiger partial charge in [-0.05, 0) is 68.8 Å². The first kappa shape index (κ1) is 33.3. The third-order valence-corrected chi connectivity index (χ3v) is 9.60. The number of nitrogens with zero attached hydrogens (tertiary/aromatic N) is 2. The highest BCUT2D eigenvalue weighted by atomic mass is 35.5. The van der Waals surface area contributed by atoms with Crippen molar-refractivity contribution in [3.8, 4) is 0 Å². The fourth-order valence-electron chi connectivity index (χ4n) is 6.02. The Labute approximate surface area is 275 Å². The maximum Gasteiger partial charge on any atom is 0.246 e. The molecule has 0 saturated carbocycles. The van der Waals surface area contributed by atoms with Crippen molar-refractivity contribution >= 4 is 40.8 Å². The molecule has 9 nitrogen and oxygen atoms in total. The summed E-state index contributed by atoms with van der Waals surface area (Å²) in [5.41, 5.74) is 3.65. The van der Waals surface area contributed by atoms with E-state index in [1.165, 1.54) is 0 Å². The lowest BCUT2D eigenvalue weighted by atomic mass is 9.87. The zero-order valence-electron chi connectivity index (χ0n) is 26.6. The van der Waals surface area contributed by atoms with E-state index in [0.29, 0.717) is 48.7 Å². The third kappa shape index (κ3) is 7.66. The van der Waals surface area contributed by atoms with E-state index in [4.69, 9.17) is 16.3 Å². The van der Waals surface area contributed by atoms with E-state index in [9.17, 15) is 19.2 Å². The predicted octanol–water partition coefficient (Wildman–Crippen LogP) is 4.80. The lowest BCUT2D eigenvalue weighted by molar-refractivity contribution is -0.143. The van der Waals surface area contributed by atoms with Gasteiger partial charge in [-0.25, -0.2) is 0 Å². The molecule has 2 aliphatic heterocycles. The van der Waals surface area contributed by atoms with Crippen molar-refractivity contribution in [1.82, 2.24) is 15.1 Å². The summed E-state index contributed by atoms with van der Waals surface area (Å²) in [6, 6.07) is 20.1. The summed E-state index contributed by atoms with van der Waals surface area (Å²) in [6.07, 6.45) is 1.31. The third-order valence-electron chi connectivity index (χ3n) is 9.18. The Morgan fingerprint density at radius 1 is 0.978 bits per heavy atom. The number of benzene rings is 3. The second-order valence-electron chi connectivity index (χ2n) is 12.5. The Kier molecular flexibility index (Phi) is 10.6. The zero-order valence-corrected chi connectivity index (χ0v) is 27.3. The van der Waals surface area contributed by atoms with Gasteiger partial charge in [-0.2, -0.15) is 0 Å². The summed E-state index contributed by atoms with van der Waals surface area (Å²) >= 11 is 6.20. The van der Waals surface area contributed by atoms with Gasteiger partial charge in [0.25, 0.3) is 0 Å². The molecule has 1 fully saturated rings. The lowest BCUT2D eigenvalue weighted by Crippen LogP contribution is -2.61. The van der Waals surface area contributed by atoms with Crippen molar-refractivity contribution in [2.45, 2.75) is 63.2 Å². The number of Topliss-reactive ketones (excluding diaryl/α,β-unsaturated/α-hetero) is 1. The molecule has 10 heteroatoms. The molecule has 2 heterocycles. The number of carbonyl (C=O) groups is 4. The number of carbonyl (C=O) groups excluding carboxylic acids is 4. The summed E-state index contributed by atoms with van der Waals surface area (Å²) in [7, 11) is 3.97. The number of rotatable bonds is 12. The van der Waals surface area contributed by atoms with Crippen LogP contribution in [0.2, 0.25) is 5.02 Å². The first-order valence-electron chi connectivity index (χ1n) is 15.6. The highest BCUT2D eigenvalue weighted by molar-refractivity contribution is 6.31. The minimum Gasteiger partial charge on any atom is -0.377 e. The number of likely N-dealkylation sites (N-methyl/N-ethyl adjacent to an activating group) is 1. The van der Waals surface area contributed by atoms with Gasteiger partial charge in [-0.1, -0.05) is 66.2 Å². The smallest absolute Gasteiger partial charge is 0.246 e. The topological polar surface area (TPSA) is 108 Å².